The van der Waals surface area contributed by atoms with Crippen LogP contribution in [-0.4, -0.2) is 4.98 Å². The molecule has 3 nitrogen and oxygen atoms in total. The fraction of sp³-hybridized carbons (Fsp3) is 0. The number of pyridine rings is 1. The number of hydrogen-bond acceptors (Lipinski definition) is 3. The third kappa shape index (κ3) is 2.36. The van der Waals surface area contributed by atoms with Crippen molar-refractivity contribution in [2.75, 3.05) is 5.32 Å². The Kier molecular flexibility index (Phi) is 3.36. The van der Waals surface area contributed by atoms with E-state index in [2.05, 4.69) is 38.4 Å². The highest BCUT2D eigenvalue weighted by Crippen LogP contribution is 2.28. The molecule has 0 atom stereocenters. The SMILES string of the molecule is N#Cc1ccc(Nc2cccc3ccncc23)cc1Br. The molecule has 3 rings (SSSR count). The van der Waals surface area contributed by atoms with Crippen LogP contribution in [0.3, 0.4) is 0 Å². The normalized spacial score (nSPS) is 10.2. The summed E-state index contributed by atoms with van der Waals surface area (Å²) in [6.45, 7) is 0. The van der Waals surface area contributed by atoms with Gasteiger partial charge in [0.25, 0.3) is 0 Å². The zero-order valence-corrected chi connectivity index (χ0v) is 12.1. The van der Waals surface area contributed by atoms with E-state index in [9.17, 15) is 0 Å². The lowest BCUT2D eigenvalue weighted by atomic mass is 10.1. The Morgan fingerprint density at radius 3 is 2.85 bits per heavy atom. The predicted octanol–water partition coefficient (Wildman–Crippen LogP) is 4.61. The van der Waals surface area contributed by atoms with Gasteiger partial charge in [0.2, 0.25) is 0 Å². The second-order valence-electron chi connectivity index (χ2n) is 4.33. The smallest absolute Gasteiger partial charge is 0.100 e. The second kappa shape index (κ2) is 5.32. The van der Waals surface area contributed by atoms with Gasteiger partial charge >= 0.3 is 0 Å². The Balaban J connectivity index is 2.02. The first-order valence-electron chi connectivity index (χ1n) is 6.07. The van der Waals surface area contributed by atoms with Gasteiger partial charge in [0.1, 0.15) is 6.07 Å². The average molecular weight is 324 g/mol. The monoisotopic (exact) mass is 323 g/mol. The lowest BCUT2D eigenvalue weighted by molar-refractivity contribution is 1.36. The minimum Gasteiger partial charge on any atom is -0.355 e. The molecule has 0 aliphatic carbocycles. The highest BCUT2D eigenvalue weighted by atomic mass is 79.9. The number of anilines is 2. The Labute approximate surface area is 125 Å². The minimum absolute atomic E-state index is 0.620. The van der Waals surface area contributed by atoms with Gasteiger partial charge in [0.15, 0.2) is 0 Å². The Morgan fingerprint density at radius 1 is 1.15 bits per heavy atom. The Morgan fingerprint density at radius 2 is 2.05 bits per heavy atom. The Hall–Kier alpha value is -2.38. The van der Waals surface area contributed by atoms with E-state index in [1.165, 1.54) is 0 Å². The molecule has 0 bridgehead atoms. The lowest BCUT2D eigenvalue weighted by Crippen LogP contribution is -1.92. The fourth-order valence-electron chi connectivity index (χ4n) is 2.06. The van der Waals surface area contributed by atoms with Crippen molar-refractivity contribution in [1.82, 2.24) is 4.98 Å². The van der Waals surface area contributed by atoms with Gasteiger partial charge in [0, 0.05) is 33.6 Å². The van der Waals surface area contributed by atoms with Crippen molar-refractivity contribution in [3.8, 4) is 6.07 Å². The summed E-state index contributed by atoms with van der Waals surface area (Å²) in [5.74, 6) is 0. The third-order valence-corrected chi connectivity index (χ3v) is 3.71. The molecule has 96 valence electrons. The molecule has 0 spiro atoms. The minimum atomic E-state index is 0.620. The largest absolute Gasteiger partial charge is 0.355 e. The molecule has 3 aromatic rings. The van der Waals surface area contributed by atoms with Gasteiger partial charge in [-0.25, -0.2) is 0 Å². The number of fused-ring (bicyclic) bond motifs is 1. The van der Waals surface area contributed by atoms with E-state index in [-0.39, 0.29) is 0 Å². The number of aromatic nitrogens is 1. The topological polar surface area (TPSA) is 48.7 Å². The van der Waals surface area contributed by atoms with Crippen molar-refractivity contribution in [2.45, 2.75) is 0 Å². The van der Waals surface area contributed by atoms with E-state index in [1.54, 1.807) is 12.3 Å². The number of nitriles is 1. The van der Waals surface area contributed by atoms with Gasteiger partial charge in [-0.15, -0.1) is 0 Å². The number of halogens is 1. The van der Waals surface area contributed by atoms with E-state index >= 15 is 0 Å². The quantitative estimate of drug-likeness (QED) is 0.749. The highest BCUT2D eigenvalue weighted by molar-refractivity contribution is 9.10. The number of benzene rings is 2. The van der Waals surface area contributed by atoms with E-state index in [0.717, 1.165) is 26.6 Å². The van der Waals surface area contributed by atoms with Crippen LogP contribution in [0, 0.1) is 11.3 Å². The average Bonchev–Trinajstić information content (AvgIpc) is 2.48. The van der Waals surface area contributed by atoms with E-state index < -0.39 is 0 Å². The maximum atomic E-state index is 8.93. The summed E-state index contributed by atoms with van der Waals surface area (Å²) in [5, 5.41) is 14.5. The summed E-state index contributed by atoms with van der Waals surface area (Å²) < 4.78 is 0.781. The van der Waals surface area contributed by atoms with Gasteiger partial charge in [-0.3, -0.25) is 4.98 Å². The molecule has 0 unspecified atom stereocenters. The second-order valence-corrected chi connectivity index (χ2v) is 5.19. The number of rotatable bonds is 2. The van der Waals surface area contributed by atoms with E-state index in [4.69, 9.17) is 5.26 Å². The molecule has 0 fully saturated rings. The van der Waals surface area contributed by atoms with Crippen molar-refractivity contribution in [1.29, 1.82) is 5.26 Å². The fourth-order valence-corrected chi connectivity index (χ4v) is 2.53. The number of nitrogens with one attached hydrogen (secondary N) is 1. The highest BCUT2D eigenvalue weighted by Gasteiger charge is 2.04. The van der Waals surface area contributed by atoms with Crippen LogP contribution in [0.15, 0.2) is 59.3 Å². The molecule has 0 saturated carbocycles. The van der Waals surface area contributed by atoms with Crippen LogP contribution < -0.4 is 5.32 Å². The lowest BCUT2D eigenvalue weighted by Gasteiger charge is -2.10. The van der Waals surface area contributed by atoms with Crippen molar-refractivity contribution in [2.24, 2.45) is 0 Å². The maximum Gasteiger partial charge on any atom is 0.100 e. The van der Waals surface area contributed by atoms with Gasteiger partial charge in [-0.05, 0) is 51.6 Å². The first-order chi connectivity index (χ1) is 9.78. The van der Waals surface area contributed by atoms with Gasteiger partial charge in [-0.2, -0.15) is 5.26 Å². The first kappa shape index (κ1) is 12.6. The molecule has 4 heteroatoms. The number of nitrogens with zero attached hydrogens (tertiary/aromatic N) is 2. The van der Waals surface area contributed by atoms with Crippen LogP contribution >= 0.6 is 15.9 Å². The van der Waals surface area contributed by atoms with Crippen LogP contribution in [-0.2, 0) is 0 Å². The molecule has 0 aliphatic rings. The van der Waals surface area contributed by atoms with Crippen molar-refractivity contribution in [3.63, 3.8) is 0 Å². The summed E-state index contributed by atoms with van der Waals surface area (Å²) in [6, 6.07) is 15.7. The van der Waals surface area contributed by atoms with Crippen LogP contribution in [0.25, 0.3) is 10.8 Å². The molecule has 0 aliphatic heterocycles. The van der Waals surface area contributed by atoms with E-state index in [1.807, 2.05) is 36.5 Å². The molecule has 0 radical (unpaired) electrons. The van der Waals surface area contributed by atoms with Crippen molar-refractivity contribution < 1.29 is 0 Å². The van der Waals surface area contributed by atoms with Crippen LogP contribution in [0.1, 0.15) is 5.56 Å². The number of hydrogen-bond donors (Lipinski definition) is 1. The maximum absolute atomic E-state index is 8.93. The van der Waals surface area contributed by atoms with Crippen LogP contribution in [0.2, 0.25) is 0 Å². The summed E-state index contributed by atoms with van der Waals surface area (Å²) in [7, 11) is 0. The van der Waals surface area contributed by atoms with E-state index in [0.29, 0.717) is 5.56 Å². The molecule has 1 heterocycles. The summed E-state index contributed by atoms with van der Waals surface area (Å²) in [4.78, 5) is 4.17. The van der Waals surface area contributed by atoms with Gasteiger partial charge in [-0.1, -0.05) is 12.1 Å². The first-order valence-corrected chi connectivity index (χ1v) is 6.86. The zero-order valence-electron chi connectivity index (χ0n) is 10.5. The van der Waals surface area contributed by atoms with Crippen LogP contribution in [0.5, 0.6) is 0 Å². The predicted molar refractivity (Wildman–Crippen MR) is 83.9 cm³/mol. The molecule has 2 aromatic carbocycles. The third-order valence-electron chi connectivity index (χ3n) is 3.05. The summed E-state index contributed by atoms with van der Waals surface area (Å²) in [6.07, 6.45) is 3.63. The summed E-state index contributed by atoms with van der Waals surface area (Å²) >= 11 is 3.40. The molecule has 1 aromatic heterocycles. The van der Waals surface area contributed by atoms with Gasteiger partial charge in [0.05, 0.1) is 5.56 Å². The van der Waals surface area contributed by atoms with Crippen molar-refractivity contribution >= 4 is 38.1 Å². The molecule has 0 saturated heterocycles. The summed E-state index contributed by atoms with van der Waals surface area (Å²) in [5.41, 5.74) is 2.54. The molecule has 0 amide bonds. The molecule has 20 heavy (non-hydrogen) atoms. The standard InChI is InChI=1S/C16H10BrN3/c17-15-8-13(5-4-12(15)9-18)20-16-3-1-2-11-6-7-19-10-14(11)16/h1-8,10,20H. The van der Waals surface area contributed by atoms with Crippen molar-refractivity contribution in [3.05, 3.63) is 64.9 Å². The molecule has 1 N–H and O–H groups in total. The van der Waals surface area contributed by atoms with Gasteiger partial charge < -0.3 is 5.32 Å². The molecular weight excluding hydrogens is 314 g/mol. The zero-order chi connectivity index (χ0) is 13.9. The molecular formula is C16H10BrN3. The Bertz CT molecular complexity index is 816. The van der Waals surface area contributed by atoms with Crippen LogP contribution in [0.4, 0.5) is 11.4 Å².